The number of ketones is 1. The molecule has 0 radical (unpaired) electrons. The number of phenols is 3. The van der Waals surface area contributed by atoms with Crippen molar-refractivity contribution in [2.24, 2.45) is 0 Å². The molecule has 0 saturated carbocycles. The van der Waals surface area contributed by atoms with Crippen LogP contribution in [0.1, 0.15) is 34.0 Å². The summed E-state index contributed by atoms with van der Waals surface area (Å²) in [6, 6.07) is 7.49. The van der Waals surface area contributed by atoms with E-state index >= 15 is 0 Å². The van der Waals surface area contributed by atoms with Gasteiger partial charge in [-0.2, -0.15) is 0 Å². The van der Waals surface area contributed by atoms with Gasteiger partial charge in [-0.15, -0.1) is 0 Å². The SMILES string of the molecule is Cc1ccc(C2CC(=O)c3c(O)cc(O)cc3O2)cc1O. The molecule has 1 aliphatic heterocycles. The number of aryl methyl sites for hydroxylation is 1. The lowest BCUT2D eigenvalue weighted by molar-refractivity contribution is 0.0844. The van der Waals surface area contributed by atoms with E-state index in [1.807, 2.05) is 0 Å². The van der Waals surface area contributed by atoms with E-state index in [9.17, 15) is 20.1 Å². The summed E-state index contributed by atoms with van der Waals surface area (Å²) in [6.07, 6.45) is -0.494. The number of ether oxygens (including phenoxy) is 1. The zero-order valence-electron chi connectivity index (χ0n) is 11.3. The molecule has 1 atom stereocenters. The van der Waals surface area contributed by atoms with Gasteiger partial charge in [-0.25, -0.2) is 0 Å². The van der Waals surface area contributed by atoms with Crippen LogP contribution in [-0.4, -0.2) is 21.1 Å². The van der Waals surface area contributed by atoms with E-state index < -0.39 is 6.10 Å². The van der Waals surface area contributed by atoms with Gasteiger partial charge >= 0.3 is 0 Å². The average molecular weight is 286 g/mol. The van der Waals surface area contributed by atoms with Crippen LogP contribution in [0.4, 0.5) is 0 Å². The van der Waals surface area contributed by atoms with E-state index in [0.717, 1.165) is 11.6 Å². The number of carbonyl (C=O) groups excluding carboxylic acids is 1. The topological polar surface area (TPSA) is 87.0 Å². The van der Waals surface area contributed by atoms with Gasteiger partial charge in [0.2, 0.25) is 0 Å². The number of Topliss-reactive ketones (excluding diaryl/α,β-unsaturated/α-hetero) is 1. The normalized spacial score (nSPS) is 17.2. The highest BCUT2D eigenvalue weighted by atomic mass is 16.5. The summed E-state index contributed by atoms with van der Waals surface area (Å²) in [4.78, 5) is 12.2. The monoisotopic (exact) mass is 286 g/mol. The largest absolute Gasteiger partial charge is 0.508 e. The maximum absolute atomic E-state index is 12.2. The molecule has 3 N–H and O–H groups in total. The van der Waals surface area contributed by atoms with E-state index in [-0.39, 0.29) is 40.8 Å². The Balaban J connectivity index is 2.01. The van der Waals surface area contributed by atoms with Crippen LogP contribution in [0, 0.1) is 6.92 Å². The summed E-state index contributed by atoms with van der Waals surface area (Å²) in [5, 5.41) is 29.0. The van der Waals surface area contributed by atoms with Crippen LogP contribution in [0.25, 0.3) is 0 Å². The zero-order valence-corrected chi connectivity index (χ0v) is 11.3. The van der Waals surface area contributed by atoms with Crippen molar-refractivity contribution in [1.82, 2.24) is 0 Å². The number of benzene rings is 2. The van der Waals surface area contributed by atoms with Crippen LogP contribution in [-0.2, 0) is 0 Å². The highest BCUT2D eigenvalue weighted by Gasteiger charge is 2.30. The molecule has 5 nitrogen and oxygen atoms in total. The number of hydrogen-bond donors (Lipinski definition) is 3. The van der Waals surface area contributed by atoms with Gasteiger partial charge < -0.3 is 20.1 Å². The molecule has 108 valence electrons. The van der Waals surface area contributed by atoms with Crippen molar-refractivity contribution in [3.05, 3.63) is 47.0 Å². The van der Waals surface area contributed by atoms with Crippen molar-refractivity contribution in [3.8, 4) is 23.0 Å². The minimum absolute atomic E-state index is 0.0633. The van der Waals surface area contributed by atoms with E-state index in [1.54, 1.807) is 25.1 Å². The van der Waals surface area contributed by atoms with Crippen LogP contribution in [0.15, 0.2) is 30.3 Å². The first kappa shape index (κ1) is 13.3. The summed E-state index contributed by atoms with van der Waals surface area (Å²) in [7, 11) is 0. The molecule has 0 bridgehead atoms. The van der Waals surface area contributed by atoms with Gasteiger partial charge in [-0.3, -0.25) is 4.79 Å². The maximum Gasteiger partial charge on any atom is 0.174 e. The second-order valence-corrected chi connectivity index (χ2v) is 5.12. The predicted molar refractivity (Wildman–Crippen MR) is 74.9 cm³/mol. The van der Waals surface area contributed by atoms with Crippen LogP contribution in [0.2, 0.25) is 0 Å². The first-order valence-corrected chi connectivity index (χ1v) is 6.51. The first-order valence-electron chi connectivity index (χ1n) is 6.51. The van der Waals surface area contributed by atoms with E-state index in [4.69, 9.17) is 4.74 Å². The van der Waals surface area contributed by atoms with Gasteiger partial charge in [0, 0.05) is 12.1 Å². The molecule has 2 aromatic carbocycles. The summed E-state index contributed by atoms with van der Waals surface area (Å²) < 4.78 is 5.69. The summed E-state index contributed by atoms with van der Waals surface area (Å²) in [6.45, 7) is 1.78. The molecule has 0 aliphatic carbocycles. The third kappa shape index (κ3) is 2.27. The Bertz CT molecular complexity index is 736. The van der Waals surface area contributed by atoms with Gasteiger partial charge in [0.15, 0.2) is 5.78 Å². The molecule has 0 fully saturated rings. The fourth-order valence-corrected chi connectivity index (χ4v) is 2.44. The summed E-state index contributed by atoms with van der Waals surface area (Å²) in [5.74, 6) is -0.451. The van der Waals surface area contributed by atoms with Gasteiger partial charge in [0.25, 0.3) is 0 Å². The molecule has 0 spiro atoms. The lowest BCUT2D eigenvalue weighted by Gasteiger charge is -2.26. The molecular weight excluding hydrogens is 272 g/mol. The van der Waals surface area contributed by atoms with Crippen molar-refractivity contribution in [1.29, 1.82) is 0 Å². The molecule has 0 amide bonds. The first-order chi connectivity index (χ1) is 9.95. The molecule has 1 heterocycles. The van der Waals surface area contributed by atoms with E-state index in [2.05, 4.69) is 0 Å². The molecule has 1 unspecified atom stereocenters. The third-order valence-electron chi connectivity index (χ3n) is 3.59. The van der Waals surface area contributed by atoms with Crippen LogP contribution in [0.3, 0.4) is 0 Å². The highest BCUT2D eigenvalue weighted by Crippen LogP contribution is 2.42. The van der Waals surface area contributed by atoms with E-state index in [0.29, 0.717) is 5.56 Å². The van der Waals surface area contributed by atoms with Crippen molar-refractivity contribution in [3.63, 3.8) is 0 Å². The number of rotatable bonds is 1. The standard InChI is InChI=1S/C16H14O5/c1-8-2-3-9(4-11(8)18)14-7-13(20)16-12(19)5-10(17)6-15(16)21-14/h2-6,14,17-19H,7H2,1H3. The van der Waals surface area contributed by atoms with Gasteiger partial charge in [0.1, 0.15) is 34.7 Å². The summed E-state index contributed by atoms with van der Waals surface area (Å²) >= 11 is 0. The van der Waals surface area contributed by atoms with Gasteiger partial charge in [-0.1, -0.05) is 12.1 Å². The minimum Gasteiger partial charge on any atom is -0.508 e. The number of hydrogen-bond acceptors (Lipinski definition) is 5. The third-order valence-corrected chi connectivity index (χ3v) is 3.59. The molecule has 1 aliphatic rings. The Morgan fingerprint density at radius 1 is 1.10 bits per heavy atom. The van der Waals surface area contributed by atoms with Crippen molar-refractivity contribution >= 4 is 5.78 Å². The smallest absolute Gasteiger partial charge is 0.174 e. The molecule has 2 aromatic rings. The molecule has 3 rings (SSSR count). The van der Waals surface area contributed by atoms with Gasteiger partial charge in [-0.05, 0) is 24.1 Å². The lowest BCUT2D eigenvalue weighted by Crippen LogP contribution is -2.20. The Morgan fingerprint density at radius 3 is 2.57 bits per heavy atom. The number of phenolic OH excluding ortho intramolecular Hbond substituents is 3. The van der Waals surface area contributed by atoms with Crippen LogP contribution in [0.5, 0.6) is 23.0 Å². The Hall–Kier alpha value is -2.69. The number of carbonyl (C=O) groups is 1. The minimum atomic E-state index is -0.558. The number of aromatic hydroxyl groups is 3. The second-order valence-electron chi connectivity index (χ2n) is 5.12. The van der Waals surface area contributed by atoms with Crippen molar-refractivity contribution in [2.45, 2.75) is 19.4 Å². The van der Waals surface area contributed by atoms with Crippen molar-refractivity contribution < 1.29 is 24.9 Å². The molecule has 0 saturated heterocycles. The Morgan fingerprint density at radius 2 is 1.86 bits per heavy atom. The Kier molecular flexibility index (Phi) is 2.97. The predicted octanol–water partition coefficient (Wildman–Crippen LogP) is 2.82. The van der Waals surface area contributed by atoms with Gasteiger partial charge in [0.05, 0.1) is 6.42 Å². The summed E-state index contributed by atoms with van der Waals surface area (Å²) in [5.41, 5.74) is 1.48. The van der Waals surface area contributed by atoms with E-state index in [1.165, 1.54) is 6.07 Å². The maximum atomic E-state index is 12.2. The number of fused-ring (bicyclic) bond motifs is 1. The highest BCUT2D eigenvalue weighted by molar-refractivity contribution is 6.02. The molecule has 5 heteroatoms. The second kappa shape index (κ2) is 4.70. The average Bonchev–Trinajstić information content (AvgIpc) is 2.40. The zero-order chi connectivity index (χ0) is 15.1. The molecule has 21 heavy (non-hydrogen) atoms. The fraction of sp³-hybridized carbons (Fsp3) is 0.188. The lowest BCUT2D eigenvalue weighted by atomic mass is 9.95. The van der Waals surface area contributed by atoms with Crippen molar-refractivity contribution in [2.75, 3.05) is 0 Å². The molecule has 0 aromatic heterocycles. The van der Waals surface area contributed by atoms with Crippen LogP contribution >= 0.6 is 0 Å². The fourth-order valence-electron chi connectivity index (χ4n) is 2.44. The Labute approximate surface area is 121 Å². The van der Waals surface area contributed by atoms with Crippen LogP contribution < -0.4 is 4.74 Å². The quantitative estimate of drug-likeness (QED) is 0.750. The molecular formula is C16H14O5.